The summed E-state index contributed by atoms with van der Waals surface area (Å²) >= 11 is 0. The van der Waals surface area contributed by atoms with E-state index in [1.54, 1.807) is 0 Å². The van der Waals surface area contributed by atoms with Gasteiger partial charge in [0.05, 0.1) is 6.10 Å². The van der Waals surface area contributed by atoms with E-state index < -0.39 is 0 Å². The molecule has 11 heavy (non-hydrogen) atoms. The Labute approximate surface area is 70.3 Å². The van der Waals surface area contributed by atoms with Crippen molar-refractivity contribution in [1.29, 1.82) is 0 Å². The fraction of sp³-hybridized carbons (Fsp3) is 1.00. The minimum absolute atomic E-state index is 0.375. The zero-order valence-corrected chi connectivity index (χ0v) is 8.18. The Hall–Kier alpha value is -0.0800. The average molecular weight is 159 g/mol. The molecule has 0 fully saturated rings. The molecular formula is C9H21NO. The van der Waals surface area contributed by atoms with Crippen LogP contribution in [-0.4, -0.2) is 26.3 Å². The summed E-state index contributed by atoms with van der Waals surface area (Å²) in [5.74, 6) is 0.606. The number of likely N-dealkylation sites (N-methyl/N-ethyl adjacent to an activating group) is 1. The first kappa shape index (κ1) is 10.9. The summed E-state index contributed by atoms with van der Waals surface area (Å²) in [6.07, 6.45) is 1.48. The van der Waals surface area contributed by atoms with E-state index in [2.05, 4.69) is 26.1 Å². The molecule has 0 aliphatic carbocycles. The zero-order chi connectivity index (χ0) is 8.69. The second kappa shape index (κ2) is 6.62. The molecule has 0 saturated carbocycles. The van der Waals surface area contributed by atoms with Crippen molar-refractivity contribution in [2.45, 2.75) is 33.3 Å². The molecule has 0 aliphatic rings. The van der Waals surface area contributed by atoms with Gasteiger partial charge in [-0.3, -0.25) is 0 Å². The largest absolute Gasteiger partial charge is 0.377 e. The van der Waals surface area contributed by atoms with Crippen molar-refractivity contribution in [3.63, 3.8) is 0 Å². The smallest absolute Gasteiger partial charge is 0.0722 e. The van der Waals surface area contributed by atoms with Crippen LogP contribution in [-0.2, 0) is 4.74 Å². The minimum Gasteiger partial charge on any atom is -0.377 e. The van der Waals surface area contributed by atoms with Crippen molar-refractivity contribution in [1.82, 2.24) is 5.32 Å². The monoisotopic (exact) mass is 159 g/mol. The van der Waals surface area contributed by atoms with Crippen LogP contribution in [0.3, 0.4) is 0 Å². The molecule has 0 bridgehead atoms. The van der Waals surface area contributed by atoms with Gasteiger partial charge in [0.2, 0.25) is 0 Å². The third-order valence-electron chi connectivity index (χ3n) is 1.68. The van der Waals surface area contributed by atoms with Gasteiger partial charge < -0.3 is 10.1 Å². The molecule has 0 rings (SSSR count). The molecule has 1 atom stereocenters. The fourth-order valence-electron chi connectivity index (χ4n) is 0.957. The predicted octanol–water partition coefficient (Wildman–Crippen LogP) is 1.66. The first-order chi connectivity index (χ1) is 5.22. The lowest BCUT2D eigenvalue weighted by Gasteiger charge is -2.20. The second-order valence-electron chi connectivity index (χ2n) is 3.21. The molecule has 0 aromatic heterocycles. The predicted molar refractivity (Wildman–Crippen MR) is 48.8 cm³/mol. The van der Waals surface area contributed by atoms with Crippen molar-refractivity contribution in [2.24, 2.45) is 5.92 Å². The van der Waals surface area contributed by atoms with Crippen LogP contribution in [0.5, 0.6) is 0 Å². The SMILES string of the molecule is CCCOC(CNC)C(C)C. The van der Waals surface area contributed by atoms with Gasteiger partial charge >= 0.3 is 0 Å². The average Bonchev–Trinajstić information content (AvgIpc) is 1.97. The van der Waals surface area contributed by atoms with Crippen LogP contribution in [0, 0.1) is 5.92 Å². The van der Waals surface area contributed by atoms with Crippen molar-refractivity contribution in [3.05, 3.63) is 0 Å². The highest BCUT2D eigenvalue weighted by atomic mass is 16.5. The maximum Gasteiger partial charge on any atom is 0.0722 e. The van der Waals surface area contributed by atoms with Gasteiger partial charge in [-0.1, -0.05) is 20.8 Å². The molecule has 0 heterocycles. The quantitative estimate of drug-likeness (QED) is 0.636. The zero-order valence-electron chi connectivity index (χ0n) is 8.18. The van der Waals surface area contributed by atoms with E-state index in [9.17, 15) is 0 Å². The van der Waals surface area contributed by atoms with E-state index in [4.69, 9.17) is 4.74 Å². The normalized spacial score (nSPS) is 13.9. The highest BCUT2D eigenvalue weighted by Gasteiger charge is 2.11. The molecule has 2 heteroatoms. The molecule has 68 valence electrons. The van der Waals surface area contributed by atoms with Crippen LogP contribution in [0.15, 0.2) is 0 Å². The van der Waals surface area contributed by atoms with Crippen LogP contribution in [0.4, 0.5) is 0 Å². The Balaban J connectivity index is 3.51. The van der Waals surface area contributed by atoms with Crippen LogP contribution in [0.2, 0.25) is 0 Å². The fourth-order valence-corrected chi connectivity index (χ4v) is 0.957. The van der Waals surface area contributed by atoms with E-state index >= 15 is 0 Å². The lowest BCUT2D eigenvalue weighted by atomic mass is 10.1. The summed E-state index contributed by atoms with van der Waals surface area (Å²) in [7, 11) is 1.96. The van der Waals surface area contributed by atoms with Crippen molar-refractivity contribution >= 4 is 0 Å². The van der Waals surface area contributed by atoms with E-state index in [1.807, 2.05) is 7.05 Å². The summed E-state index contributed by atoms with van der Waals surface area (Å²) in [4.78, 5) is 0. The van der Waals surface area contributed by atoms with E-state index in [1.165, 1.54) is 0 Å². The molecule has 0 aliphatic heterocycles. The van der Waals surface area contributed by atoms with Gasteiger partial charge in [0.1, 0.15) is 0 Å². The van der Waals surface area contributed by atoms with Gasteiger partial charge in [0.15, 0.2) is 0 Å². The molecule has 0 saturated heterocycles. The number of rotatable bonds is 6. The summed E-state index contributed by atoms with van der Waals surface area (Å²) in [6.45, 7) is 8.36. The molecule has 0 radical (unpaired) electrons. The van der Waals surface area contributed by atoms with Crippen molar-refractivity contribution < 1.29 is 4.74 Å². The Kier molecular flexibility index (Phi) is 6.57. The summed E-state index contributed by atoms with van der Waals surface area (Å²) in [6, 6.07) is 0. The van der Waals surface area contributed by atoms with Crippen molar-refractivity contribution in [2.75, 3.05) is 20.2 Å². The molecule has 1 unspecified atom stereocenters. The topological polar surface area (TPSA) is 21.3 Å². The van der Waals surface area contributed by atoms with Gasteiger partial charge in [-0.25, -0.2) is 0 Å². The van der Waals surface area contributed by atoms with Crippen LogP contribution < -0.4 is 5.32 Å². The molecule has 2 nitrogen and oxygen atoms in total. The highest BCUT2D eigenvalue weighted by molar-refractivity contribution is 4.63. The first-order valence-electron chi connectivity index (χ1n) is 4.48. The van der Waals surface area contributed by atoms with Crippen LogP contribution in [0.1, 0.15) is 27.2 Å². The molecule has 0 aromatic carbocycles. The van der Waals surface area contributed by atoms with Crippen LogP contribution >= 0.6 is 0 Å². The third kappa shape index (κ3) is 5.22. The Bertz CT molecular complexity index is 83.6. The molecule has 0 spiro atoms. The van der Waals surface area contributed by atoms with Gasteiger partial charge in [-0.15, -0.1) is 0 Å². The highest BCUT2D eigenvalue weighted by Crippen LogP contribution is 2.05. The second-order valence-corrected chi connectivity index (χ2v) is 3.21. The summed E-state index contributed by atoms with van der Waals surface area (Å²) in [5.41, 5.74) is 0. The number of ether oxygens (including phenoxy) is 1. The van der Waals surface area contributed by atoms with Gasteiger partial charge in [-0.05, 0) is 19.4 Å². The standard InChI is InChI=1S/C9H21NO/c1-5-6-11-9(7-10-4)8(2)3/h8-10H,5-7H2,1-4H3. The van der Waals surface area contributed by atoms with Gasteiger partial charge in [0, 0.05) is 13.2 Å². The maximum atomic E-state index is 5.63. The molecular weight excluding hydrogens is 138 g/mol. The Morgan fingerprint density at radius 2 is 2.00 bits per heavy atom. The number of hydrogen-bond donors (Lipinski definition) is 1. The Morgan fingerprint density at radius 3 is 2.36 bits per heavy atom. The van der Waals surface area contributed by atoms with Gasteiger partial charge in [-0.2, -0.15) is 0 Å². The van der Waals surface area contributed by atoms with Crippen molar-refractivity contribution in [3.8, 4) is 0 Å². The van der Waals surface area contributed by atoms with Crippen LogP contribution in [0.25, 0.3) is 0 Å². The Morgan fingerprint density at radius 1 is 1.36 bits per heavy atom. The molecule has 0 amide bonds. The summed E-state index contributed by atoms with van der Waals surface area (Å²) in [5, 5.41) is 3.13. The summed E-state index contributed by atoms with van der Waals surface area (Å²) < 4.78 is 5.63. The minimum atomic E-state index is 0.375. The maximum absolute atomic E-state index is 5.63. The lowest BCUT2D eigenvalue weighted by Crippen LogP contribution is -2.31. The number of nitrogens with one attached hydrogen (secondary N) is 1. The van der Waals surface area contributed by atoms with E-state index in [0.717, 1.165) is 19.6 Å². The molecule has 1 N–H and O–H groups in total. The number of hydrogen-bond acceptors (Lipinski definition) is 2. The van der Waals surface area contributed by atoms with E-state index in [0.29, 0.717) is 12.0 Å². The first-order valence-corrected chi connectivity index (χ1v) is 4.48. The van der Waals surface area contributed by atoms with Gasteiger partial charge in [0.25, 0.3) is 0 Å². The van der Waals surface area contributed by atoms with E-state index in [-0.39, 0.29) is 0 Å². The molecule has 0 aromatic rings. The third-order valence-corrected chi connectivity index (χ3v) is 1.68. The lowest BCUT2D eigenvalue weighted by molar-refractivity contribution is 0.0245.